The fourth-order valence-corrected chi connectivity index (χ4v) is 1.43. The average molecular weight is 314 g/mol. The van der Waals surface area contributed by atoms with Gasteiger partial charge in [-0.2, -0.15) is 5.26 Å². The number of nitrogens with one attached hydrogen (secondary N) is 1. The maximum absolute atomic E-state index is 11.5. The Hall–Kier alpha value is -1.09. The molecule has 0 unspecified atom stereocenters. The first kappa shape index (κ1) is 12.0. The molecule has 0 radical (unpaired) electrons. The molecule has 78 valence electrons. The number of nitrogens with zero attached hydrogens (tertiary/aromatic N) is 1. The van der Waals surface area contributed by atoms with Gasteiger partial charge in [-0.15, -0.1) is 0 Å². The van der Waals surface area contributed by atoms with E-state index < -0.39 is 0 Å². The molecule has 0 atom stereocenters. The summed E-state index contributed by atoms with van der Waals surface area (Å²) >= 11 is 2.19. The van der Waals surface area contributed by atoms with E-state index in [9.17, 15) is 4.79 Å². The summed E-state index contributed by atoms with van der Waals surface area (Å²) < 4.78 is 1.11. The van der Waals surface area contributed by atoms with E-state index in [0.717, 1.165) is 3.57 Å². The van der Waals surface area contributed by atoms with Crippen LogP contribution < -0.4 is 5.32 Å². The van der Waals surface area contributed by atoms with E-state index in [4.69, 9.17) is 5.26 Å². The van der Waals surface area contributed by atoms with Crippen molar-refractivity contribution in [3.8, 4) is 6.07 Å². The van der Waals surface area contributed by atoms with E-state index in [1.165, 1.54) is 0 Å². The van der Waals surface area contributed by atoms with Gasteiger partial charge in [0.2, 0.25) is 0 Å². The van der Waals surface area contributed by atoms with Crippen LogP contribution in [0.3, 0.4) is 0 Å². The van der Waals surface area contributed by atoms with Crippen LogP contribution in [-0.2, 0) is 0 Å². The second kappa shape index (κ2) is 6.40. The number of carbonyl (C=O) groups is 1. The first-order valence-corrected chi connectivity index (χ1v) is 5.72. The van der Waals surface area contributed by atoms with Crippen molar-refractivity contribution in [1.29, 1.82) is 5.26 Å². The molecule has 0 spiro atoms. The van der Waals surface area contributed by atoms with Crippen LogP contribution in [0.5, 0.6) is 0 Å². The Balaban J connectivity index is 2.41. The fraction of sp³-hybridized carbons (Fsp3) is 0.273. The normalized spacial score (nSPS) is 9.33. The summed E-state index contributed by atoms with van der Waals surface area (Å²) in [6.45, 7) is 0.554. The molecule has 4 heteroatoms. The second-order valence-corrected chi connectivity index (χ2v) is 4.27. The standard InChI is InChI=1S/C11H11IN2O/c12-10-5-3-9(4-6-10)11(15)14-8-2-1-7-13/h3-6H,1-2,8H2,(H,14,15). The molecule has 0 fully saturated rings. The minimum atomic E-state index is -0.0793. The molecule has 0 aliphatic heterocycles. The Kier molecular flexibility index (Phi) is 5.12. The van der Waals surface area contributed by atoms with Crippen molar-refractivity contribution in [2.24, 2.45) is 0 Å². The van der Waals surface area contributed by atoms with Crippen molar-refractivity contribution in [3.63, 3.8) is 0 Å². The van der Waals surface area contributed by atoms with Gasteiger partial charge in [0.25, 0.3) is 5.91 Å². The predicted molar refractivity (Wildman–Crippen MR) is 66.3 cm³/mol. The van der Waals surface area contributed by atoms with E-state index >= 15 is 0 Å². The van der Waals surface area contributed by atoms with Crippen molar-refractivity contribution in [1.82, 2.24) is 5.32 Å². The summed E-state index contributed by atoms with van der Waals surface area (Å²) in [6.07, 6.45) is 1.18. The molecule has 1 amide bonds. The number of unbranched alkanes of at least 4 members (excludes halogenated alkanes) is 1. The molecule has 0 aliphatic carbocycles. The van der Waals surface area contributed by atoms with Gasteiger partial charge in [-0.1, -0.05) is 0 Å². The molecule has 0 heterocycles. The van der Waals surface area contributed by atoms with Crippen LogP contribution in [0.25, 0.3) is 0 Å². The number of amides is 1. The summed E-state index contributed by atoms with van der Waals surface area (Å²) in [5.74, 6) is -0.0793. The zero-order valence-corrected chi connectivity index (χ0v) is 10.3. The molecule has 1 N–H and O–H groups in total. The van der Waals surface area contributed by atoms with Crippen molar-refractivity contribution in [2.75, 3.05) is 6.54 Å². The predicted octanol–water partition coefficient (Wildman–Crippen LogP) is 2.32. The molecular weight excluding hydrogens is 303 g/mol. The van der Waals surface area contributed by atoms with Crippen LogP contribution in [0.4, 0.5) is 0 Å². The quantitative estimate of drug-likeness (QED) is 0.685. The van der Waals surface area contributed by atoms with E-state index in [0.29, 0.717) is 24.9 Å². The first-order chi connectivity index (χ1) is 7.24. The largest absolute Gasteiger partial charge is 0.352 e. The summed E-state index contributed by atoms with van der Waals surface area (Å²) in [6, 6.07) is 9.41. The monoisotopic (exact) mass is 314 g/mol. The van der Waals surface area contributed by atoms with Crippen molar-refractivity contribution in [3.05, 3.63) is 33.4 Å². The van der Waals surface area contributed by atoms with Crippen molar-refractivity contribution >= 4 is 28.5 Å². The fourth-order valence-electron chi connectivity index (χ4n) is 1.07. The summed E-state index contributed by atoms with van der Waals surface area (Å²) in [7, 11) is 0. The average Bonchev–Trinajstić information content (AvgIpc) is 2.25. The Bertz CT molecular complexity index is 367. The number of halogens is 1. The lowest BCUT2D eigenvalue weighted by molar-refractivity contribution is 0.0953. The molecule has 0 aromatic heterocycles. The summed E-state index contributed by atoms with van der Waals surface area (Å²) in [4.78, 5) is 11.5. The SMILES string of the molecule is N#CCCCNC(=O)c1ccc(I)cc1. The third kappa shape index (κ3) is 4.30. The minimum absolute atomic E-state index is 0.0793. The highest BCUT2D eigenvalue weighted by molar-refractivity contribution is 14.1. The van der Waals surface area contributed by atoms with Crippen molar-refractivity contribution < 1.29 is 4.79 Å². The van der Waals surface area contributed by atoms with Crippen molar-refractivity contribution in [2.45, 2.75) is 12.8 Å². The highest BCUT2D eigenvalue weighted by atomic mass is 127. The molecule has 1 rings (SSSR count). The lowest BCUT2D eigenvalue weighted by Gasteiger charge is -2.03. The third-order valence-corrected chi connectivity index (χ3v) is 2.58. The molecule has 15 heavy (non-hydrogen) atoms. The molecule has 1 aromatic carbocycles. The third-order valence-electron chi connectivity index (χ3n) is 1.86. The van der Waals surface area contributed by atoms with E-state index in [1.54, 1.807) is 12.1 Å². The number of carbonyl (C=O) groups excluding carboxylic acids is 1. The van der Waals surface area contributed by atoms with E-state index in [2.05, 4.69) is 27.9 Å². The van der Waals surface area contributed by atoms with E-state index in [1.807, 2.05) is 18.2 Å². The number of rotatable bonds is 4. The summed E-state index contributed by atoms with van der Waals surface area (Å²) in [5.41, 5.74) is 0.660. The van der Waals surface area contributed by atoms with Gasteiger partial charge >= 0.3 is 0 Å². The van der Waals surface area contributed by atoms with Crippen LogP contribution in [0.15, 0.2) is 24.3 Å². The molecule has 0 bridgehead atoms. The topological polar surface area (TPSA) is 52.9 Å². The number of benzene rings is 1. The zero-order valence-electron chi connectivity index (χ0n) is 8.16. The molecule has 3 nitrogen and oxygen atoms in total. The maximum atomic E-state index is 11.5. The second-order valence-electron chi connectivity index (χ2n) is 3.02. The Morgan fingerprint density at radius 3 is 2.67 bits per heavy atom. The zero-order chi connectivity index (χ0) is 11.1. The van der Waals surface area contributed by atoms with Gasteiger partial charge in [0.05, 0.1) is 6.07 Å². The van der Waals surface area contributed by atoms with Gasteiger partial charge in [0, 0.05) is 22.1 Å². The summed E-state index contributed by atoms with van der Waals surface area (Å²) in [5, 5.41) is 11.1. The maximum Gasteiger partial charge on any atom is 0.251 e. The lowest BCUT2D eigenvalue weighted by atomic mass is 10.2. The Morgan fingerprint density at radius 2 is 2.07 bits per heavy atom. The van der Waals surface area contributed by atoms with Crippen LogP contribution in [-0.4, -0.2) is 12.5 Å². The highest BCUT2D eigenvalue weighted by Gasteiger charge is 2.03. The van der Waals surface area contributed by atoms with Gasteiger partial charge in [-0.25, -0.2) is 0 Å². The first-order valence-electron chi connectivity index (χ1n) is 4.65. The Labute approximate surface area is 103 Å². The number of hydrogen-bond donors (Lipinski definition) is 1. The number of hydrogen-bond acceptors (Lipinski definition) is 2. The van der Waals surface area contributed by atoms with Gasteiger partial charge in [0.15, 0.2) is 0 Å². The van der Waals surface area contributed by atoms with Gasteiger partial charge in [-0.05, 0) is 53.3 Å². The molecular formula is C11H11IN2O. The lowest BCUT2D eigenvalue weighted by Crippen LogP contribution is -2.24. The molecule has 0 aliphatic rings. The smallest absolute Gasteiger partial charge is 0.251 e. The van der Waals surface area contributed by atoms with Gasteiger partial charge < -0.3 is 5.32 Å². The van der Waals surface area contributed by atoms with Gasteiger partial charge in [0.1, 0.15) is 0 Å². The van der Waals surface area contributed by atoms with E-state index in [-0.39, 0.29) is 5.91 Å². The molecule has 1 aromatic rings. The van der Waals surface area contributed by atoms with Crippen LogP contribution >= 0.6 is 22.6 Å². The Morgan fingerprint density at radius 1 is 1.40 bits per heavy atom. The molecule has 0 saturated heterocycles. The van der Waals surface area contributed by atoms with Gasteiger partial charge in [-0.3, -0.25) is 4.79 Å². The minimum Gasteiger partial charge on any atom is -0.352 e. The van der Waals surface area contributed by atoms with Crippen LogP contribution in [0, 0.1) is 14.9 Å². The van der Waals surface area contributed by atoms with Crippen LogP contribution in [0.1, 0.15) is 23.2 Å². The molecule has 0 saturated carbocycles. The number of nitriles is 1. The van der Waals surface area contributed by atoms with Crippen LogP contribution in [0.2, 0.25) is 0 Å². The highest BCUT2D eigenvalue weighted by Crippen LogP contribution is 2.06.